The molecule has 0 fully saturated rings. The van der Waals surface area contributed by atoms with Gasteiger partial charge in [0.2, 0.25) is 59.1 Å². The van der Waals surface area contributed by atoms with Crippen molar-refractivity contribution < 1.29 is 57.8 Å². The fraction of sp³-hybridized carbons (Fsp3) is 0.667. The Morgan fingerprint density at radius 2 is 0.520 bits per heavy atom. The molecule has 0 unspecified atom stereocenters. The van der Waals surface area contributed by atoms with E-state index in [9.17, 15) is 57.8 Å². The van der Waals surface area contributed by atoms with Crippen molar-refractivity contribution in [2.75, 3.05) is 39.3 Å². The van der Waals surface area contributed by atoms with Crippen LogP contribution < -0.4 is 93.3 Å². The van der Waals surface area contributed by atoms with E-state index >= 15 is 0 Å². The highest BCUT2D eigenvalue weighted by Crippen LogP contribution is 2.16. The maximum Gasteiger partial charge on any atom is 0.326 e. The van der Waals surface area contributed by atoms with Crippen molar-refractivity contribution in [3.05, 3.63) is 71.8 Å². The van der Waals surface area contributed by atoms with Crippen LogP contribution in [0.25, 0.3) is 0 Å². The maximum atomic E-state index is 14.8. The number of hydrogen-bond acceptors (Lipinski definition) is 18. The molecule has 2 aromatic rings. The van der Waals surface area contributed by atoms with Gasteiger partial charge < -0.3 is 98.4 Å². The number of carbonyl (C=O) groups is 11. The van der Waals surface area contributed by atoms with Crippen LogP contribution in [0.15, 0.2) is 60.7 Å². The molecule has 552 valence electrons. The molecule has 0 spiro atoms. The van der Waals surface area contributed by atoms with Gasteiger partial charge >= 0.3 is 5.97 Å². The number of nitrogens with two attached hydrogens (primary N) is 7. The third-order valence-electron chi connectivity index (χ3n) is 16.8. The first-order valence-corrected chi connectivity index (χ1v) is 35.1. The quantitative estimate of drug-likeness (QED) is 0.0370. The molecule has 0 aliphatic rings. The first-order chi connectivity index (χ1) is 46.8. The van der Waals surface area contributed by atoms with Crippen LogP contribution in [0.3, 0.4) is 0 Å². The Hall–Kier alpha value is -7.67. The summed E-state index contributed by atoms with van der Waals surface area (Å²) in [4.78, 5) is 155. The van der Waals surface area contributed by atoms with Gasteiger partial charge in [0.15, 0.2) is 0 Å². The van der Waals surface area contributed by atoms with Crippen LogP contribution in [0.5, 0.6) is 0 Å². The Bertz CT molecular complexity index is 2730. The topological polar surface area (TPSA) is 510 Å². The van der Waals surface area contributed by atoms with Gasteiger partial charge in [-0.2, -0.15) is 0 Å². The van der Waals surface area contributed by atoms with Crippen molar-refractivity contribution in [3.63, 3.8) is 0 Å². The van der Waals surface area contributed by atoms with E-state index in [0.717, 1.165) is 0 Å². The molecule has 10 amide bonds. The van der Waals surface area contributed by atoms with Gasteiger partial charge in [-0.25, -0.2) is 4.79 Å². The molecular weight excluding hydrogens is 1260 g/mol. The summed E-state index contributed by atoms with van der Waals surface area (Å²) in [5, 5.41) is 37.6. The third-order valence-corrected chi connectivity index (χ3v) is 16.8. The second-order valence-electron chi connectivity index (χ2n) is 26.1. The zero-order valence-corrected chi connectivity index (χ0v) is 58.7. The third kappa shape index (κ3) is 33.3. The van der Waals surface area contributed by atoms with Crippen LogP contribution in [0.4, 0.5) is 0 Å². The van der Waals surface area contributed by atoms with Crippen molar-refractivity contribution in [1.29, 1.82) is 0 Å². The molecule has 0 aliphatic heterocycles. The number of carboxylic acid groups (broad SMARTS) is 1. The molecule has 0 aromatic heterocycles. The second kappa shape index (κ2) is 48.9. The lowest BCUT2D eigenvalue weighted by atomic mass is 9.98. The number of benzene rings is 2. The molecule has 11 atom stereocenters. The Morgan fingerprint density at radius 1 is 0.296 bits per heavy atom. The molecule has 0 saturated heterocycles. The SMILES string of the molecule is CC(C)[C@H](NC(=O)[C@H](CCCCN)NC(=O)[C@H](Cc1ccccc1)NC(=O)[C@@H](NC(=O)[C@@H](NC(=O)[C@H](CCCCN)NC(=O)[C@@H](N)CCCCN)C(C)C)C(C)C)C(=O)N[C@@H](CCCCN)C(=O)N[C@@H](Cc1ccccc1)C(=O)N[C@@H](CCCCN)C(=O)N[C@@H](CCCCN)C(=O)O. The van der Waals surface area contributed by atoms with Crippen LogP contribution in [0.2, 0.25) is 0 Å². The molecule has 25 N–H and O–H groups in total. The molecule has 0 aliphatic carbocycles. The van der Waals surface area contributed by atoms with Gasteiger partial charge in [-0.05, 0) is 177 Å². The average Bonchev–Trinajstić information content (AvgIpc) is 0.870. The first-order valence-electron chi connectivity index (χ1n) is 35.1. The van der Waals surface area contributed by atoms with Gasteiger partial charge in [-0.15, -0.1) is 0 Å². The summed E-state index contributed by atoms with van der Waals surface area (Å²) in [6.45, 7) is 12.1. The normalized spacial score (nSPS) is 14.7. The highest BCUT2D eigenvalue weighted by molar-refractivity contribution is 5.99. The number of hydrogen-bond donors (Lipinski definition) is 18. The van der Waals surface area contributed by atoms with E-state index in [0.29, 0.717) is 121 Å². The molecular formula is C69H119N17O12. The minimum absolute atomic E-state index is 0.0405. The summed E-state index contributed by atoms with van der Waals surface area (Å²) < 4.78 is 0. The molecule has 98 heavy (non-hydrogen) atoms. The molecule has 29 nitrogen and oxygen atoms in total. The van der Waals surface area contributed by atoms with E-state index in [1.165, 1.54) is 0 Å². The van der Waals surface area contributed by atoms with E-state index in [1.807, 2.05) is 0 Å². The molecule has 2 aromatic carbocycles. The monoisotopic (exact) mass is 1380 g/mol. The zero-order valence-electron chi connectivity index (χ0n) is 58.7. The molecule has 29 heteroatoms. The van der Waals surface area contributed by atoms with Crippen LogP contribution in [-0.4, -0.2) is 176 Å². The van der Waals surface area contributed by atoms with Gasteiger partial charge in [-0.1, -0.05) is 109 Å². The maximum absolute atomic E-state index is 14.8. The Morgan fingerprint density at radius 3 is 0.827 bits per heavy atom. The predicted molar refractivity (Wildman–Crippen MR) is 377 cm³/mol. The summed E-state index contributed by atoms with van der Waals surface area (Å²) in [7, 11) is 0. The number of aliphatic carboxylic acids is 1. The lowest BCUT2D eigenvalue weighted by Crippen LogP contribution is -2.62. The van der Waals surface area contributed by atoms with E-state index in [4.69, 9.17) is 40.1 Å². The van der Waals surface area contributed by atoms with Crippen LogP contribution in [0, 0.1) is 17.8 Å². The van der Waals surface area contributed by atoms with E-state index in [2.05, 4.69) is 53.2 Å². The van der Waals surface area contributed by atoms with Gasteiger partial charge in [-0.3, -0.25) is 47.9 Å². The Labute approximate surface area is 579 Å². The number of unbranched alkanes of at least 4 members (excludes halogenated alkanes) is 6. The van der Waals surface area contributed by atoms with Crippen molar-refractivity contribution >= 4 is 65.0 Å². The van der Waals surface area contributed by atoms with E-state index < -0.39 is 149 Å². The first kappa shape index (κ1) is 86.4. The van der Waals surface area contributed by atoms with Gasteiger partial charge in [0.1, 0.15) is 60.4 Å². The fourth-order valence-electron chi connectivity index (χ4n) is 10.8. The highest BCUT2D eigenvalue weighted by atomic mass is 16.4. The van der Waals surface area contributed by atoms with E-state index in [1.54, 1.807) is 102 Å². The predicted octanol–water partition coefficient (Wildman–Crippen LogP) is -0.526. The zero-order chi connectivity index (χ0) is 73.1. The molecule has 0 radical (unpaired) electrons. The van der Waals surface area contributed by atoms with Crippen LogP contribution in [0.1, 0.15) is 168 Å². The Kier molecular flexibility index (Phi) is 43.2. The average molecular weight is 1380 g/mol. The molecule has 0 bridgehead atoms. The standard InChI is InChI=1S/C69H119N17O12/c1-43(2)56(66(94)80-50(31-15-21-37-72)61(89)82-54(41-46-25-9-7-10-26-46)64(92)78-49(30-14-20-36-71)60(88)81-53(69(97)98)34-18-24-40-75)84-63(91)52(33-17-23-39-74)79-65(93)55(42-47-27-11-8-12-28-47)83-67(95)57(44(3)4)86-68(96)58(45(5)6)85-62(90)51(32-16-22-38-73)77-59(87)48(76)29-13-19-35-70/h7-12,25-28,43-45,48-58H,13-24,29-42,70-76H2,1-6H3,(H,77,87)(H,78,92)(H,79,93)(H,80,94)(H,81,88)(H,82,89)(H,83,95)(H,84,91)(H,85,90)(H,86,96)(H,97,98)/t48-,49-,50-,51-,52-,53-,54-,55-,56-,57-,58-/m0/s1. The van der Waals surface area contributed by atoms with Gasteiger partial charge in [0, 0.05) is 12.8 Å². The van der Waals surface area contributed by atoms with Crippen molar-refractivity contribution in [3.8, 4) is 0 Å². The minimum Gasteiger partial charge on any atom is -0.480 e. The van der Waals surface area contributed by atoms with Crippen molar-refractivity contribution in [1.82, 2.24) is 53.2 Å². The van der Waals surface area contributed by atoms with Crippen LogP contribution >= 0.6 is 0 Å². The fourth-order valence-corrected chi connectivity index (χ4v) is 10.8. The summed E-state index contributed by atoms with van der Waals surface area (Å²) >= 11 is 0. The Balaban J connectivity index is 2.53. The number of nitrogens with one attached hydrogen (secondary N) is 10. The van der Waals surface area contributed by atoms with E-state index in [-0.39, 0.29) is 58.0 Å². The summed E-state index contributed by atoms with van der Waals surface area (Å²) in [6.07, 6.45) is 6.52. The van der Waals surface area contributed by atoms with Crippen molar-refractivity contribution in [2.24, 2.45) is 57.9 Å². The lowest BCUT2D eigenvalue weighted by Gasteiger charge is -2.30. The largest absolute Gasteiger partial charge is 0.480 e. The van der Waals surface area contributed by atoms with Gasteiger partial charge in [0.25, 0.3) is 0 Å². The van der Waals surface area contributed by atoms with Gasteiger partial charge in [0.05, 0.1) is 6.04 Å². The number of amides is 10. The number of carbonyl (C=O) groups excluding carboxylic acids is 10. The number of carboxylic acids is 1. The lowest BCUT2D eigenvalue weighted by molar-refractivity contribution is -0.142. The summed E-state index contributed by atoms with van der Waals surface area (Å²) in [5.74, 6) is -10.2. The minimum atomic E-state index is -1.35. The molecule has 0 saturated carbocycles. The molecule has 0 heterocycles. The molecule has 2 rings (SSSR count). The summed E-state index contributed by atoms with van der Waals surface area (Å²) in [5.41, 5.74) is 42.0. The highest BCUT2D eigenvalue weighted by Gasteiger charge is 2.38. The van der Waals surface area contributed by atoms with Crippen molar-refractivity contribution in [2.45, 2.75) is 236 Å². The number of rotatable bonds is 52. The second-order valence-corrected chi connectivity index (χ2v) is 26.1. The summed E-state index contributed by atoms with van der Waals surface area (Å²) in [6, 6.07) is 4.06. The smallest absolute Gasteiger partial charge is 0.326 e. The van der Waals surface area contributed by atoms with Crippen LogP contribution in [-0.2, 0) is 65.6 Å².